The minimum absolute atomic E-state index is 0.0545. The number of hydrogen-bond donors (Lipinski definition) is 1. The topological polar surface area (TPSA) is 53.0 Å². The van der Waals surface area contributed by atoms with Gasteiger partial charge in [-0.3, -0.25) is 4.79 Å². The van der Waals surface area contributed by atoms with Crippen LogP contribution in [0.25, 0.3) is 0 Å². The summed E-state index contributed by atoms with van der Waals surface area (Å²) in [6, 6.07) is 12.4. The fourth-order valence-electron chi connectivity index (χ4n) is 4.82. The van der Waals surface area contributed by atoms with Gasteiger partial charge in [-0.1, -0.05) is 12.1 Å². The Bertz CT molecular complexity index is 974. The zero-order chi connectivity index (χ0) is 21.8. The van der Waals surface area contributed by atoms with Gasteiger partial charge in [0.25, 0.3) is 5.91 Å². The lowest BCUT2D eigenvalue weighted by Gasteiger charge is -2.37. The predicted molar refractivity (Wildman–Crippen MR) is 108 cm³/mol. The second kappa shape index (κ2) is 7.24. The first kappa shape index (κ1) is 20.3. The lowest BCUT2D eigenvalue weighted by atomic mass is 9.91. The summed E-state index contributed by atoms with van der Waals surface area (Å²) in [6.07, 6.45) is -4.33. The molecule has 3 aliphatic heterocycles. The highest BCUT2D eigenvalue weighted by Gasteiger charge is 2.43. The highest BCUT2D eigenvalue weighted by molar-refractivity contribution is 5.94. The number of rotatable bonds is 3. The molecule has 2 atom stereocenters. The minimum Gasteiger partial charge on any atom is -0.380 e. The van der Waals surface area contributed by atoms with Crippen molar-refractivity contribution in [3.8, 4) is 0 Å². The highest BCUT2D eigenvalue weighted by Crippen LogP contribution is 2.37. The number of hydrogen-bond acceptors (Lipinski definition) is 4. The van der Waals surface area contributed by atoms with Crippen LogP contribution in [0.1, 0.15) is 21.5 Å². The molecule has 1 amide bonds. The first-order valence-corrected chi connectivity index (χ1v) is 10.4. The van der Waals surface area contributed by atoms with Crippen LogP contribution in [-0.4, -0.2) is 55.3 Å². The molecule has 164 valence electrons. The summed E-state index contributed by atoms with van der Waals surface area (Å²) in [5, 5.41) is 10.5. The monoisotopic (exact) mass is 432 g/mol. The summed E-state index contributed by atoms with van der Waals surface area (Å²) in [6.45, 7) is 3.15. The molecule has 0 aromatic heterocycles. The first-order chi connectivity index (χ1) is 14.7. The van der Waals surface area contributed by atoms with E-state index in [1.54, 1.807) is 24.3 Å². The van der Waals surface area contributed by atoms with E-state index in [1.165, 1.54) is 12.1 Å². The fraction of sp³-hybridized carbons (Fsp3) is 0.435. The number of amides is 1. The van der Waals surface area contributed by atoms with Crippen molar-refractivity contribution in [2.75, 3.05) is 44.3 Å². The smallest absolute Gasteiger partial charge is 0.380 e. The summed E-state index contributed by atoms with van der Waals surface area (Å²) in [7, 11) is 0. The van der Waals surface area contributed by atoms with E-state index >= 15 is 0 Å². The molecular formula is C23H23F3N2O3. The normalized spacial score (nSPS) is 24.8. The average molecular weight is 432 g/mol. The molecule has 2 aromatic rings. The molecule has 1 N–H and O–H groups in total. The van der Waals surface area contributed by atoms with Crippen molar-refractivity contribution < 1.29 is 27.8 Å². The van der Waals surface area contributed by atoms with Gasteiger partial charge in [-0.05, 0) is 42.0 Å². The fourth-order valence-corrected chi connectivity index (χ4v) is 4.82. The van der Waals surface area contributed by atoms with Crippen molar-refractivity contribution >= 4 is 11.6 Å². The van der Waals surface area contributed by atoms with E-state index in [0.29, 0.717) is 36.1 Å². The van der Waals surface area contributed by atoms with Gasteiger partial charge in [-0.25, -0.2) is 0 Å². The molecule has 2 aromatic carbocycles. The van der Waals surface area contributed by atoms with E-state index in [4.69, 9.17) is 4.74 Å². The van der Waals surface area contributed by atoms with Crippen LogP contribution in [0.5, 0.6) is 0 Å². The van der Waals surface area contributed by atoms with Gasteiger partial charge in [0.2, 0.25) is 0 Å². The molecule has 0 saturated carbocycles. The largest absolute Gasteiger partial charge is 0.416 e. The molecule has 3 saturated heterocycles. The molecule has 3 heterocycles. The third kappa shape index (κ3) is 3.68. The molecule has 0 bridgehead atoms. The van der Waals surface area contributed by atoms with Gasteiger partial charge < -0.3 is 19.6 Å². The number of fused-ring (bicyclic) bond motifs is 1. The number of alkyl halides is 3. The van der Waals surface area contributed by atoms with Crippen LogP contribution in [0, 0.1) is 11.8 Å². The van der Waals surface area contributed by atoms with Crippen molar-refractivity contribution in [1.29, 1.82) is 0 Å². The molecule has 31 heavy (non-hydrogen) atoms. The molecule has 0 aliphatic carbocycles. The van der Waals surface area contributed by atoms with Crippen LogP contribution in [0.4, 0.5) is 18.9 Å². The van der Waals surface area contributed by atoms with Gasteiger partial charge in [0.05, 0.1) is 18.8 Å². The third-order valence-electron chi connectivity index (χ3n) is 6.66. The Morgan fingerprint density at radius 1 is 1.00 bits per heavy atom. The number of ether oxygens (including phenoxy) is 1. The summed E-state index contributed by atoms with van der Waals surface area (Å²) in [5.74, 6) is 0.526. The number of carbonyl (C=O) groups is 1. The van der Waals surface area contributed by atoms with Gasteiger partial charge in [-0.15, -0.1) is 0 Å². The van der Waals surface area contributed by atoms with Crippen molar-refractivity contribution in [2.45, 2.75) is 11.8 Å². The van der Waals surface area contributed by atoms with Crippen molar-refractivity contribution in [3.05, 3.63) is 65.2 Å². The minimum atomic E-state index is -4.33. The van der Waals surface area contributed by atoms with Crippen molar-refractivity contribution in [1.82, 2.24) is 4.90 Å². The second-order valence-corrected chi connectivity index (χ2v) is 8.79. The Morgan fingerprint density at radius 3 is 2.19 bits per heavy atom. The Hall–Kier alpha value is -2.58. The van der Waals surface area contributed by atoms with E-state index in [-0.39, 0.29) is 19.1 Å². The van der Waals surface area contributed by atoms with Crippen LogP contribution in [-0.2, 0) is 16.5 Å². The predicted octanol–water partition coefficient (Wildman–Crippen LogP) is 3.13. The third-order valence-corrected chi connectivity index (χ3v) is 6.66. The van der Waals surface area contributed by atoms with Gasteiger partial charge in [0, 0.05) is 49.3 Å². The number of aliphatic hydroxyl groups is 1. The number of likely N-dealkylation sites (tertiary alicyclic amines) is 1. The Kier molecular flexibility index (Phi) is 4.75. The SMILES string of the molecule is O=C(c1cccc(C2(O)COC2)c1)N1CC2CN(c3ccc(C(F)(F)F)cc3)CC2C1. The van der Waals surface area contributed by atoms with Crippen LogP contribution >= 0.6 is 0 Å². The lowest BCUT2D eigenvalue weighted by Crippen LogP contribution is -2.46. The van der Waals surface area contributed by atoms with Crippen molar-refractivity contribution in [3.63, 3.8) is 0 Å². The highest BCUT2D eigenvalue weighted by atomic mass is 19.4. The zero-order valence-corrected chi connectivity index (χ0v) is 16.8. The maximum atomic E-state index is 13.0. The molecule has 0 radical (unpaired) electrons. The number of anilines is 1. The number of benzene rings is 2. The summed E-state index contributed by atoms with van der Waals surface area (Å²) < 4.78 is 43.5. The summed E-state index contributed by atoms with van der Waals surface area (Å²) in [5.41, 5.74) is 0.367. The Balaban J connectivity index is 1.23. The molecule has 2 unspecified atom stereocenters. The van der Waals surface area contributed by atoms with Crippen LogP contribution < -0.4 is 4.90 Å². The van der Waals surface area contributed by atoms with Gasteiger partial charge in [-0.2, -0.15) is 13.2 Å². The van der Waals surface area contributed by atoms with Gasteiger partial charge in [0.1, 0.15) is 5.60 Å². The molecule has 0 spiro atoms. The number of halogens is 3. The average Bonchev–Trinajstić information content (AvgIpc) is 3.30. The van der Waals surface area contributed by atoms with Crippen LogP contribution in [0.15, 0.2) is 48.5 Å². The van der Waals surface area contributed by atoms with E-state index in [2.05, 4.69) is 4.90 Å². The Labute approximate surface area is 178 Å². The summed E-state index contributed by atoms with van der Waals surface area (Å²) in [4.78, 5) is 17.0. The number of carbonyl (C=O) groups excluding carboxylic acids is 1. The van der Waals surface area contributed by atoms with E-state index in [1.807, 2.05) is 4.90 Å². The molecule has 3 aliphatic rings. The lowest BCUT2D eigenvalue weighted by molar-refractivity contribution is -0.184. The molecule has 8 heteroatoms. The molecular weight excluding hydrogens is 409 g/mol. The summed E-state index contributed by atoms with van der Waals surface area (Å²) >= 11 is 0. The van der Waals surface area contributed by atoms with Crippen LogP contribution in [0.3, 0.4) is 0 Å². The van der Waals surface area contributed by atoms with Crippen LogP contribution in [0.2, 0.25) is 0 Å². The molecule has 5 rings (SSSR count). The van der Waals surface area contributed by atoms with E-state index in [9.17, 15) is 23.1 Å². The van der Waals surface area contributed by atoms with Gasteiger partial charge in [0.15, 0.2) is 0 Å². The van der Waals surface area contributed by atoms with Crippen molar-refractivity contribution in [2.24, 2.45) is 11.8 Å². The maximum absolute atomic E-state index is 13.0. The van der Waals surface area contributed by atoms with E-state index in [0.717, 1.165) is 30.9 Å². The standard InChI is InChI=1S/C23H23F3N2O3/c24-23(25,26)18-4-6-20(7-5-18)27-9-16-11-28(12-17(16)10-27)21(29)15-2-1-3-19(8-15)22(30)13-31-14-22/h1-8,16-17,30H,9-14H2. The molecule has 5 nitrogen and oxygen atoms in total. The molecule has 3 fully saturated rings. The van der Waals surface area contributed by atoms with Gasteiger partial charge >= 0.3 is 6.18 Å². The number of nitrogens with zero attached hydrogens (tertiary/aromatic N) is 2. The first-order valence-electron chi connectivity index (χ1n) is 10.4. The quantitative estimate of drug-likeness (QED) is 0.810. The van der Waals surface area contributed by atoms with E-state index < -0.39 is 17.3 Å². The Morgan fingerprint density at radius 2 is 1.65 bits per heavy atom. The second-order valence-electron chi connectivity index (χ2n) is 8.79. The zero-order valence-electron chi connectivity index (χ0n) is 16.8. The maximum Gasteiger partial charge on any atom is 0.416 e.